The summed E-state index contributed by atoms with van der Waals surface area (Å²) in [5, 5.41) is 6.69. The first kappa shape index (κ1) is 11.2. The maximum absolute atomic E-state index is 5.92. The standard InChI is InChI=1S/C12H20N4O/c1-8(2)12-10-5-15(13)4-3-11(10)16(14-12)9-6-17-7-9/h8-9H,3-7,13H2,1-2H3. The van der Waals surface area contributed by atoms with Crippen LogP contribution in [0.1, 0.15) is 42.8 Å². The number of hydrazine groups is 1. The number of hydrogen-bond donors (Lipinski definition) is 1. The highest BCUT2D eigenvalue weighted by Gasteiger charge is 2.30. The van der Waals surface area contributed by atoms with E-state index in [1.807, 2.05) is 5.01 Å². The average Bonchev–Trinajstić information content (AvgIpc) is 2.54. The van der Waals surface area contributed by atoms with Gasteiger partial charge in [-0.25, -0.2) is 5.01 Å². The Morgan fingerprint density at radius 1 is 1.41 bits per heavy atom. The fourth-order valence-corrected chi connectivity index (χ4v) is 2.62. The largest absolute Gasteiger partial charge is 0.377 e. The van der Waals surface area contributed by atoms with E-state index in [9.17, 15) is 0 Å². The van der Waals surface area contributed by atoms with Crippen LogP contribution in [0.5, 0.6) is 0 Å². The van der Waals surface area contributed by atoms with E-state index in [-0.39, 0.29) is 0 Å². The van der Waals surface area contributed by atoms with E-state index in [1.165, 1.54) is 17.0 Å². The molecule has 1 aromatic rings. The van der Waals surface area contributed by atoms with Crippen molar-refractivity contribution in [1.82, 2.24) is 14.8 Å². The summed E-state index contributed by atoms with van der Waals surface area (Å²) in [7, 11) is 0. The maximum atomic E-state index is 5.92. The quantitative estimate of drug-likeness (QED) is 0.772. The predicted octanol–water partition coefficient (Wildman–Crippen LogP) is 0.810. The van der Waals surface area contributed by atoms with E-state index >= 15 is 0 Å². The van der Waals surface area contributed by atoms with Gasteiger partial charge in [0.05, 0.1) is 24.9 Å². The highest BCUT2D eigenvalue weighted by atomic mass is 16.5. The Morgan fingerprint density at radius 2 is 2.18 bits per heavy atom. The Hall–Kier alpha value is -0.910. The molecule has 2 aliphatic rings. The molecule has 94 valence electrons. The molecule has 5 heteroatoms. The van der Waals surface area contributed by atoms with Crippen LogP contribution in [0.2, 0.25) is 0 Å². The van der Waals surface area contributed by atoms with E-state index in [1.54, 1.807) is 0 Å². The molecule has 1 saturated heterocycles. The minimum absolute atomic E-state index is 0.445. The van der Waals surface area contributed by atoms with Crippen molar-refractivity contribution in [2.75, 3.05) is 19.8 Å². The van der Waals surface area contributed by atoms with Gasteiger partial charge in [0.25, 0.3) is 0 Å². The second-order valence-electron chi connectivity index (χ2n) is 5.32. The molecular formula is C12H20N4O. The van der Waals surface area contributed by atoms with Crippen molar-refractivity contribution in [3.05, 3.63) is 17.0 Å². The molecule has 0 radical (unpaired) electrons. The van der Waals surface area contributed by atoms with E-state index in [0.717, 1.165) is 32.7 Å². The van der Waals surface area contributed by atoms with Crippen LogP contribution in [0, 0.1) is 0 Å². The van der Waals surface area contributed by atoms with E-state index in [0.29, 0.717) is 12.0 Å². The van der Waals surface area contributed by atoms with E-state index < -0.39 is 0 Å². The third kappa shape index (κ3) is 1.78. The SMILES string of the molecule is CC(C)c1nn(C2COC2)c2c1CN(N)CC2. The highest BCUT2D eigenvalue weighted by Crippen LogP contribution is 2.30. The molecule has 5 nitrogen and oxygen atoms in total. The van der Waals surface area contributed by atoms with Gasteiger partial charge in [0.2, 0.25) is 0 Å². The lowest BCUT2D eigenvalue weighted by Gasteiger charge is -2.30. The second-order valence-corrected chi connectivity index (χ2v) is 5.32. The summed E-state index contributed by atoms with van der Waals surface area (Å²) in [5.41, 5.74) is 3.94. The van der Waals surface area contributed by atoms with Crippen molar-refractivity contribution in [2.45, 2.75) is 38.8 Å². The lowest BCUT2D eigenvalue weighted by atomic mass is 10.00. The van der Waals surface area contributed by atoms with Gasteiger partial charge in [0.1, 0.15) is 0 Å². The van der Waals surface area contributed by atoms with Crippen molar-refractivity contribution in [3.63, 3.8) is 0 Å². The third-order valence-corrected chi connectivity index (χ3v) is 3.66. The van der Waals surface area contributed by atoms with Crippen LogP contribution in [0.15, 0.2) is 0 Å². The fourth-order valence-electron chi connectivity index (χ4n) is 2.62. The number of nitrogens with two attached hydrogens (primary N) is 1. The number of aromatic nitrogens is 2. The van der Waals surface area contributed by atoms with Crippen molar-refractivity contribution >= 4 is 0 Å². The molecule has 2 N–H and O–H groups in total. The molecule has 0 spiro atoms. The predicted molar refractivity (Wildman–Crippen MR) is 64.5 cm³/mol. The summed E-state index contributed by atoms with van der Waals surface area (Å²) in [5.74, 6) is 6.38. The highest BCUT2D eigenvalue weighted by molar-refractivity contribution is 5.31. The van der Waals surface area contributed by atoms with Gasteiger partial charge in [-0.1, -0.05) is 13.8 Å². The van der Waals surface area contributed by atoms with Crippen LogP contribution >= 0.6 is 0 Å². The zero-order valence-electron chi connectivity index (χ0n) is 10.5. The first-order chi connectivity index (χ1) is 8.16. The van der Waals surface area contributed by atoms with Gasteiger partial charge < -0.3 is 4.74 Å². The van der Waals surface area contributed by atoms with Gasteiger partial charge in [-0.05, 0) is 5.92 Å². The molecule has 3 heterocycles. The number of hydrogen-bond acceptors (Lipinski definition) is 4. The molecular weight excluding hydrogens is 216 g/mol. The minimum Gasteiger partial charge on any atom is -0.377 e. The van der Waals surface area contributed by atoms with Crippen LogP contribution < -0.4 is 5.84 Å². The van der Waals surface area contributed by atoms with Gasteiger partial charge in [0, 0.05) is 30.8 Å². The van der Waals surface area contributed by atoms with Crippen molar-refractivity contribution in [3.8, 4) is 0 Å². The molecule has 17 heavy (non-hydrogen) atoms. The van der Waals surface area contributed by atoms with Crippen molar-refractivity contribution in [2.24, 2.45) is 5.84 Å². The average molecular weight is 236 g/mol. The Morgan fingerprint density at radius 3 is 2.76 bits per heavy atom. The number of ether oxygens (including phenoxy) is 1. The first-order valence-electron chi connectivity index (χ1n) is 6.34. The Bertz CT molecular complexity index is 422. The van der Waals surface area contributed by atoms with Crippen LogP contribution in [-0.4, -0.2) is 34.5 Å². The van der Waals surface area contributed by atoms with Gasteiger partial charge in [-0.15, -0.1) is 0 Å². The van der Waals surface area contributed by atoms with Gasteiger partial charge in [-0.3, -0.25) is 10.5 Å². The molecule has 1 aromatic heterocycles. The second kappa shape index (κ2) is 4.08. The van der Waals surface area contributed by atoms with Crippen molar-refractivity contribution in [1.29, 1.82) is 0 Å². The number of rotatable bonds is 2. The molecule has 1 fully saturated rings. The number of nitrogens with zero attached hydrogens (tertiary/aromatic N) is 3. The summed E-state index contributed by atoms with van der Waals surface area (Å²) in [6.45, 7) is 7.75. The summed E-state index contributed by atoms with van der Waals surface area (Å²) < 4.78 is 7.47. The van der Waals surface area contributed by atoms with Gasteiger partial charge in [0.15, 0.2) is 0 Å². The first-order valence-corrected chi connectivity index (χ1v) is 6.34. The van der Waals surface area contributed by atoms with Crippen molar-refractivity contribution < 1.29 is 4.74 Å². The number of fused-ring (bicyclic) bond motifs is 1. The Labute approximate surface area is 101 Å². The van der Waals surface area contributed by atoms with Crippen LogP contribution in [0.25, 0.3) is 0 Å². The maximum Gasteiger partial charge on any atom is 0.0988 e. The normalized spacial score (nSPS) is 21.6. The molecule has 0 unspecified atom stereocenters. The van der Waals surface area contributed by atoms with Crippen LogP contribution in [-0.2, 0) is 17.7 Å². The minimum atomic E-state index is 0.445. The lowest BCUT2D eigenvalue weighted by molar-refractivity contribution is -0.0303. The zero-order valence-corrected chi connectivity index (χ0v) is 10.5. The molecule has 3 rings (SSSR count). The molecule has 0 aliphatic carbocycles. The zero-order chi connectivity index (χ0) is 12.0. The monoisotopic (exact) mass is 236 g/mol. The third-order valence-electron chi connectivity index (χ3n) is 3.66. The Kier molecular flexibility index (Phi) is 2.69. The van der Waals surface area contributed by atoms with Gasteiger partial charge >= 0.3 is 0 Å². The van der Waals surface area contributed by atoms with Crippen LogP contribution in [0.3, 0.4) is 0 Å². The molecule has 0 aromatic carbocycles. The lowest BCUT2D eigenvalue weighted by Crippen LogP contribution is -2.38. The summed E-state index contributed by atoms with van der Waals surface area (Å²) in [4.78, 5) is 0. The molecule has 0 saturated carbocycles. The topological polar surface area (TPSA) is 56.3 Å². The Balaban J connectivity index is 2.02. The van der Waals surface area contributed by atoms with E-state index in [4.69, 9.17) is 15.7 Å². The summed E-state index contributed by atoms with van der Waals surface area (Å²) >= 11 is 0. The smallest absolute Gasteiger partial charge is 0.0988 e. The van der Waals surface area contributed by atoms with Gasteiger partial charge in [-0.2, -0.15) is 5.10 Å². The molecule has 0 amide bonds. The fraction of sp³-hybridized carbons (Fsp3) is 0.750. The molecule has 2 aliphatic heterocycles. The summed E-state index contributed by atoms with van der Waals surface area (Å²) in [6.07, 6.45) is 1.00. The molecule has 0 bridgehead atoms. The van der Waals surface area contributed by atoms with E-state index in [2.05, 4.69) is 18.5 Å². The molecule has 0 atom stereocenters. The summed E-state index contributed by atoms with van der Waals surface area (Å²) in [6, 6.07) is 0.445. The van der Waals surface area contributed by atoms with Crippen LogP contribution in [0.4, 0.5) is 0 Å².